The smallest absolute Gasteiger partial charge is 0.315 e. The molecule has 0 aliphatic rings. The lowest BCUT2D eigenvalue weighted by atomic mass is 10.2. The minimum absolute atomic E-state index is 0.103. The van der Waals surface area contributed by atoms with Gasteiger partial charge in [-0.2, -0.15) is 0 Å². The Morgan fingerprint density at radius 1 is 1.54 bits per heavy atom. The highest BCUT2D eigenvalue weighted by Crippen LogP contribution is 1.94. The molecule has 0 aromatic rings. The fraction of sp³-hybridized carbons (Fsp3) is 0.571. The zero-order valence-corrected chi connectivity index (χ0v) is 7.24. The molecule has 0 spiro atoms. The van der Waals surface area contributed by atoms with Crippen LogP contribution in [0.15, 0.2) is 0 Å². The molecule has 0 fully saturated rings. The van der Waals surface area contributed by atoms with Crippen LogP contribution in [-0.2, 0) is 9.59 Å². The Balaban J connectivity index is 3.82. The van der Waals surface area contributed by atoms with Crippen LogP contribution in [0, 0.1) is 0 Å². The van der Waals surface area contributed by atoms with E-state index in [1.165, 1.54) is 7.05 Å². The van der Waals surface area contributed by atoms with Crippen molar-refractivity contribution in [2.45, 2.75) is 18.9 Å². The van der Waals surface area contributed by atoms with Crippen molar-refractivity contribution in [3.63, 3.8) is 0 Å². The number of urea groups is 1. The number of nitrogens with one attached hydrogen (secondary N) is 2. The number of aliphatic carboxylic acids is 1. The van der Waals surface area contributed by atoms with E-state index in [0.29, 0.717) is 6.29 Å². The second-order valence-electron chi connectivity index (χ2n) is 2.40. The van der Waals surface area contributed by atoms with E-state index in [0.717, 1.165) is 0 Å². The molecule has 0 bridgehead atoms. The van der Waals surface area contributed by atoms with E-state index in [2.05, 4.69) is 10.6 Å². The Kier molecular flexibility index (Phi) is 5.25. The number of hydrogen-bond donors (Lipinski definition) is 3. The van der Waals surface area contributed by atoms with E-state index in [-0.39, 0.29) is 12.8 Å². The number of carboxylic acids is 1. The monoisotopic (exact) mass is 188 g/mol. The van der Waals surface area contributed by atoms with Gasteiger partial charge >= 0.3 is 12.0 Å². The minimum Gasteiger partial charge on any atom is -0.481 e. The maximum absolute atomic E-state index is 10.7. The first-order chi connectivity index (χ1) is 6.10. The average Bonchev–Trinajstić information content (AvgIpc) is 2.11. The van der Waals surface area contributed by atoms with E-state index in [1.54, 1.807) is 0 Å². The molecule has 0 saturated heterocycles. The molecule has 6 nitrogen and oxygen atoms in total. The first-order valence-corrected chi connectivity index (χ1v) is 3.75. The summed E-state index contributed by atoms with van der Waals surface area (Å²) in [5.74, 6) is -0.995. The maximum atomic E-state index is 10.7. The van der Waals surface area contributed by atoms with E-state index in [1.807, 2.05) is 0 Å². The third-order valence-corrected chi connectivity index (χ3v) is 1.38. The van der Waals surface area contributed by atoms with Crippen LogP contribution in [0.5, 0.6) is 0 Å². The summed E-state index contributed by atoms with van der Waals surface area (Å²) in [6, 6.07) is -1.24. The Morgan fingerprint density at radius 3 is 2.54 bits per heavy atom. The number of rotatable bonds is 5. The molecule has 1 unspecified atom stereocenters. The van der Waals surface area contributed by atoms with Crippen LogP contribution in [-0.4, -0.2) is 36.5 Å². The molecule has 0 aromatic heterocycles. The second kappa shape index (κ2) is 5.99. The van der Waals surface area contributed by atoms with Gasteiger partial charge in [-0.15, -0.1) is 0 Å². The number of carbonyl (C=O) groups excluding carboxylic acids is 2. The summed E-state index contributed by atoms with van der Waals surface area (Å²) in [6.45, 7) is 0. The van der Waals surface area contributed by atoms with Crippen molar-refractivity contribution in [1.29, 1.82) is 0 Å². The van der Waals surface area contributed by atoms with E-state index < -0.39 is 18.0 Å². The number of aldehydes is 1. The Labute approximate surface area is 75.3 Å². The third-order valence-electron chi connectivity index (χ3n) is 1.38. The SMILES string of the molecule is CNC(=O)NC(C=O)CCC(=O)O. The summed E-state index contributed by atoms with van der Waals surface area (Å²) in [7, 11) is 1.41. The molecule has 0 aliphatic carbocycles. The second-order valence-corrected chi connectivity index (χ2v) is 2.40. The van der Waals surface area contributed by atoms with E-state index in [9.17, 15) is 14.4 Å². The van der Waals surface area contributed by atoms with Crippen LogP contribution in [0.2, 0.25) is 0 Å². The predicted octanol–water partition coefficient (Wildman–Crippen LogP) is -0.652. The number of amides is 2. The van der Waals surface area contributed by atoms with Crippen molar-refractivity contribution < 1.29 is 19.5 Å². The van der Waals surface area contributed by atoms with Gasteiger partial charge in [0.25, 0.3) is 0 Å². The van der Waals surface area contributed by atoms with Gasteiger partial charge < -0.3 is 20.5 Å². The molecule has 1 atom stereocenters. The van der Waals surface area contributed by atoms with Crippen molar-refractivity contribution in [3.8, 4) is 0 Å². The molecule has 0 rings (SSSR count). The van der Waals surface area contributed by atoms with Gasteiger partial charge in [-0.05, 0) is 6.42 Å². The van der Waals surface area contributed by atoms with Crippen LogP contribution >= 0.6 is 0 Å². The lowest BCUT2D eigenvalue weighted by Gasteiger charge is -2.10. The minimum atomic E-state index is -0.995. The van der Waals surface area contributed by atoms with E-state index >= 15 is 0 Å². The summed E-state index contributed by atoms with van der Waals surface area (Å²) in [5.41, 5.74) is 0. The standard InChI is InChI=1S/C7H12N2O4/c1-8-7(13)9-5(4-10)2-3-6(11)12/h4-5H,2-3H2,1H3,(H,11,12)(H2,8,9,13). The number of carboxylic acid groups (broad SMARTS) is 1. The fourth-order valence-electron chi connectivity index (χ4n) is 0.694. The molecule has 0 aliphatic heterocycles. The molecule has 0 radical (unpaired) electrons. The molecule has 74 valence electrons. The Hall–Kier alpha value is -1.59. The molecule has 0 aromatic carbocycles. The topological polar surface area (TPSA) is 95.5 Å². The zero-order chi connectivity index (χ0) is 10.3. The summed E-state index contributed by atoms with van der Waals surface area (Å²) in [6.07, 6.45) is 0.470. The molecule has 2 amide bonds. The van der Waals surface area contributed by atoms with Crippen molar-refractivity contribution in [2.24, 2.45) is 0 Å². The van der Waals surface area contributed by atoms with Crippen LogP contribution in [0.1, 0.15) is 12.8 Å². The lowest BCUT2D eigenvalue weighted by Crippen LogP contribution is -2.41. The Bertz CT molecular complexity index is 205. The highest BCUT2D eigenvalue weighted by atomic mass is 16.4. The largest absolute Gasteiger partial charge is 0.481 e. The van der Waals surface area contributed by atoms with Gasteiger partial charge in [0.1, 0.15) is 6.29 Å². The molecule has 6 heteroatoms. The van der Waals surface area contributed by atoms with Crippen LogP contribution in [0.3, 0.4) is 0 Å². The van der Waals surface area contributed by atoms with Crippen LogP contribution in [0.4, 0.5) is 4.79 Å². The predicted molar refractivity (Wildman–Crippen MR) is 44.3 cm³/mol. The average molecular weight is 188 g/mol. The summed E-state index contributed by atoms with van der Waals surface area (Å²) in [4.78, 5) is 31.2. The zero-order valence-electron chi connectivity index (χ0n) is 7.24. The van der Waals surface area contributed by atoms with E-state index in [4.69, 9.17) is 5.11 Å². The van der Waals surface area contributed by atoms with Gasteiger partial charge in [0.15, 0.2) is 0 Å². The van der Waals surface area contributed by atoms with Gasteiger partial charge in [0, 0.05) is 13.5 Å². The summed E-state index contributed by atoms with van der Waals surface area (Å²) in [5, 5.41) is 12.9. The van der Waals surface area contributed by atoms with Gasteiger partial charge in [0.05, 0.1) is 6.04 Å². The number of hydrogen-bond acceptors (Lipinski definition) is 3. The third kappa shape index (κ3) is 5.66. The fourth-order valence-corrected chi connectivity index (χ4v) is 0.694. The molecule has 0 heterocycles. The molecule has 13 heavy (non-hydrogen) atoms. The maximum Gasteiger partial charge on any atom is 0.315 e. The summed E-state index contributed by atoms with van der Waals surface area (Å²) < 4.78 is 0. The lowest BCUT2D eigenvalue weighted by molar-refractivity contribution is -0.137. The normalized spacial score (nSPS) is 11.5. The molecule has 0 saturated carbocycles. The first-order valence-electron chi connectivity index (χ1n) is 3.75. The Morgan fingerprint density at radius 2 is 2.15 bits per heavy atom. The van der Waals surface area contributed by atoms with Crippen molar-refractivity contribution in [1.82, 2.24) is 10.6 Å². The first kappa shape index (κ1) is 11.4. The number of carbonyl (C=O) groups is 3. The molecular formula is C7H12N2O4. The van der Waals surface area contributed by atoms with Gasteiger partial charge in [-0.25, -0.2) is 4.79 Å². The highest BCUT2D eigenvalue weighted by Gasteiger charge is 2.11. The molecule has 3 N–H and O–H groups in total. The van der Waals surface area contributed by atoms with Crippen molar-refractivity contribution in [2.75, 3.05) is 7.05 Å². The summed E-state index contributed by atoms with van der Waals surface area (Å²) >= 11 is 0. The van der Waals surface area contributed by atoms with Crippen LogP contribution in [0.25, 0.3) is 0 Å². The van der Waals surface area contributed by atoms with Crippen molar-refractivity contribution >= 4 is 18.3 Å². The van der Waals surface area contributed by atoms with Crippen LogP contribution < -0.4 is 10.6 Å². The van der Waals surface area contributed by atoms with Gasteiger partial charge in [0.2, 0.25) is 0 Å². The highest BCUT2D eigenvalue weighted by molar-refractivity contribution is 5.78. The van der Waals surface area contributed by atoms with Gasteiger partial charge in [-0.1, -0.05) is 0 Å². The molecular weight excluding hydrogens is 176 g/mol. The quantitative estimate of drug-likeness (QED) is 0.499. The van der Waals surface area contributed by atoms with Gasteiger partial charge in [-0.3, -0.25) is 4.79 Å². The van der Waals surface area contributed by atoms with Crippen molar-refractivity contribution in [3.05, 3.63) is 0 Å².